The summed E-state index contributed by atoms with van der Waals surface area (Å²) < 4.78 is 22.8. The Kier molecular flexibility index (Phi) is 4.01. The third kappa shape index (κ3) is 3.29. The maximum Gasteiger partial charge on any atom is 0.175 e. The number of anilines is 1. The van der Waals surface area contributed by atoms with Crippen LogP contribution in [0.2, 0.25) is 0 Å². The third-order valence-corrected chi connectivity index (χ3v) is 4.94. The molecule has 1 heterocycles. The molecular formula is C13H15N3O2S2. The fraction of sp³-hybridized carbons (Fsp3) is 0.231. The van der Waals surface area contributed by atoms with E-state index >= 15 is 0 Å². The van der Waals surface area contributed by atoms with Crippen molar-refractivity contribution in [3.8, 4) is 0 Å². The van der Waals surface area contributed by atoms with Gasteiger partial charge in [0.2, 0.25) is 0 Å². The van der Waals surface area contributed by atoms with Crippen molar-refractivity contribution in [2.24, 2.45) is 0 Å². The zero-order chi connectivity index (χ0) is 14.9. The molecule has 0 aliphatic rings. The van der Waals surface area contributed by atoms with E-state index in [-0.39, 0.29) is 0 Å². The van der Waals surface area contributed by atoms with Gasteiger partial charge in [-0.3, -0.25) is 0 Å². The average molecular weight is 309 g/mol. The lowest BCUT2D eigenvalue weighted by Crippen LogP contribution is -2.01. The molecule has 0 unspecified atom stereocenters. The summed E-state index contributed by atoms with van der Waals surface area (Å²) in [6.07, 6.45) is 1.19. The quantitative estimate of drug-likeness (QED) is 0.875. The summed E-state index contributed by atoms with van der Waals surface area (Å²) in [5.74, 6) is 1.08. The van der Waals surface area contributed by atoms with E-state index in [4.69, 9.17) is 5.73 Å². The zero-order valence-electron chi connectivity index (χ0n) is 11.4. The molecule has 0 bridgehead atoms. The summed E-state index contributed by atoms with van der Waals surface area (Å²) in [5, 5.41) is 0.780. The van der Waals surface area contributed by atoms with Gasteiger partial charge in [-0.15, -0.1) is 0 Å². The second-order valence-electron chi connectivity index (χ2n) is 4.43. The molecule has 0 spiro atoms. The van der Waals surface area contributed by atoms with Crippen LogP contribution in [-0.2, 0) is 9.84 Å². The van der Waals surface area contributed by atoms with Crippen LogP contribution >= 0.6 is 11.8 Å². The molecule has 7 heteroatoms. The van der Waals surface area contributed by atoms with Gasteiger partial charge in [-0.2, -0.15) is 0 Å². The Morgan fingerprint density at radius 1 is 1.10 bits per heavy atom. The lowest BCUT2D eigenvalue weighted by Gasteiger charge is -2.08. The van der Waals surface area contributed by atoms with E-state index in [1.54, 1.807) is 31.2 Å². The van der Waals surface area contributed by atoms with Gasteiger partial charge in [-0.05, 0) is 38.1 Å². The first-order valence-corrected chi connectivity index (χ1v) is 8.57. The molecular weight excluding hydrogens is 294 g/mol. The molecule has 0 amide bonds. The molecule has 1 aromatic carbocycles. The molecule has 0 aliphatic carbocycles. The predicted molar refractivity (Wildman–Crippen MR) is 79.6 cm³/mol. The van der Waals surface area contributed by atoms with Crippen molar-refractivity contribution < 1.29 is 8.42 Å². The number of rotatable bonds is 3. The number of nitrogens with zero attached hydrogens (tertiary/aromatic N) is 2. The molecule has 0 radical (unpaired) electrons. The summed E-state index contributed by atoms with van der Waals surface area (Å²) >= 11 is 1.44. The SMILES string of the molecule is Cc1nc(N)c(C)c(Sc2ccc(S(C)(=O)=O)cc2)n1. The van der Waals surface area contributed by atoms with Gasteiger partial charge in [0.25, 0.3) is 0 Å². The van der Waals surface area contributed by atoms with Crippen LogP contribution in [0.4, 0.5) is 5.82 Å². The van der Waals surface area contributed by atoms with E-state index in [2.05, 4.69) is 9.97 Å². The van der Waals surface area contributed by atoms with E-state index in [0.29, 0.717) is 16.5 Å². The number of sulfone groups is 1. The molecule has 0 aliphatic heterocycles. The fourth-order valence-corrected chi connectivity index (χ4v) is 3.15. The molecule has 2 aromatic rings. The lowest BCUT2D eigenvalue weighted by molar-refractivity contribution is 0.602. The minimum Gasteiger partial charge on any atom is -0.383 e. The summed E-state index contributed by atoms with van der Waals surface area (Å²) in [7, 11) is -3.17. The van der Waals surface area contributed by atoms with Crippen molar-refractivity contribution in [1.29, 1.82) is 0 Å². The molecule has 0 atom stereocenters. The minimum atomic E-state index is -3.17. The van der Waals surface area contributed by atoms with Crippen LogP contribution in [0.3, 0.4) is 0 Å². The van der Waals surface area contributed by atoms with E-state index in [1.165, 1.54) is 18.0 Å². The number of benzene rings is 1. The van der Waals surface area contributed by atoms with Crippen LogP contribution in [-0.4, -0.2) is 24.6 Å². The first-order chi connectivity index (χ1) is 9.27. The van der Waals surface area contributed by atoms with E-state index < -0.39 is 9.84 Å². The van der Waals surface area contributed by atoms with E-state index in [1.807, 2.05) is 6.92 Å². The molecule has 0 saturated heterocycles. The zero-order valence-corrected chi connectivity index (χ0v) is 13.0. The largest absolute Gasteiger partial charge is 0.383 e. The molecule has 106 valence electrons. The van der Waals surface area contributed by atoms with Crippen LogP contribution in [0.25, 0.3) is 0 Å². The maximum absolute atomic E-state index is 11.4. The molecule has 20 heavy (non-hydrogen) atoms. The second kappa shape index (κ2) is 5.41. The maximum atomic E-state index is 11.4. The summed E-state index contributed by atoms with van der Waals surface area (Å²) in [6.45, 7) is 3.65. The van der Waals surface area contributed by atoms with Crippen LogP contribution in [0.1, 0.15) is 11.4 Å². The van der Waals surface area contributed by atoms with E-state index in [9.17, 15) is 8.42 Å². The highest BCUT2D eigenvalue weighted by molar-refractivity contribution is 7.99. The molecule has 2 N–H and O–H groups in total. The first kappa shape index (κ1) is 14.8. The van der Waals surface area contributed by atoms with Crippen molar-refractivity contribution in [1.82, 2.24) is 9.97 Å². The van der Waals surface area contributed by atoms with Gasteiger partial charge >= 0.3 is 0 Å². The smallest absolute Gasteiger partial charge is 0.175 e. The lowest BCUT2D eigenvalue weighted by atomic mass is 10.3. The minimum absolute atomic E-state index is 0.303. The Hall–Kier alpha value is -1.60. The fourth-order valence-electron chi connectivity index (χ4n) is 1.59. The van der Waals surface area contributed by atoms with Gasteiger partial charge in [0.15, 0.2) is 9.84 Å². The van der Waals surface area contributed by atoms with Gasteiger partial charge in [-0.1, -0.05) is 11.8 Å². The molecule has 2 rings (SSSR count). The van der Waals surface area contributed by atoms with Crippen molar-refractivity contribution >= 4 is 27.4 Å². The highest BCUT2D eigenvalue weighted by atomic mass is 32.2. The number of aromatic nitrogens is 2. The van der Waals surface area contributed by atoms with E-state index in [0.717, 1.165) is 15.5 Å². The highest BCUT2D eigenvalue weighted by Gasteiger charge is 2.10. The summed E-state index contributed by atoms with van der Waals surface area (Å²) in [4.78, 5) is 9.65. The summed E-state index contributed by atoms with van der Waals surface area (Å²) in [5.41, 5.74) is 6.64. The van der Waals surface area contributed by atoms with Crippen LogP contribution in [0.5, 0.6) is 0 Å². The molecule has 5 nitrogen and oxygen atoms in total. The van der Waals surface area contributed by atoms with Gasteiger partial charge in [0.1, 0.15) is 16.7 Å². The first-order valence-electron chi connectivity index (χ1n) is 5.86. The Morgan fingerprint density at radius 2 is 1.70 bits per heavy atom. The normalized spacial score (nSPS) is 11.6. The van der Waals surface area contributed by atoms with Crippen molar-refractivity contribution in [3.63, 3.8) is 0 Å². The second-order valence-corrected chi connectivity index (χ2v) is 7.51. The Labute approximate surface area is 122 Å². The molecule has 1 aromatic heterocycles. The third-order valence-electron chi connectivity index (χ3n) is 2.72. The molecule has 0 saturated carbocycles. The monoisotopic (exact) mass is 309 g/mol. The van der Waals surface area contributed by atoms with Gasteiger partial charge in [-0.25, -0.2) is 18.4 Å². The number of aryl methyl sites for hydroxylation is 1. The van der Waals surface area contributed by atoms with Crippen molar-refractivity contribution in [2.75, 3.05) is 12.0 Å². The number of hydrogen-bond acceptors (Lipinski definition) is 6. The molecule has 0 fully saturated rings. The standard InChI is InChI=1S/C13H15N3O2S2/c1-8-12(14)15-9(2)16-13(8)19-10-4-6-11(7-5-10)20(3,17)18/h4-7H,1-3H3,(H2,14,15,16). The topological polar surface area (TPSA) is 85.9 Å². The van der Waals surface area contributed by atoms with Crippen LogP contribution < -0.4 is 5.73 Å². The Bertz CT molecular complexity index is 741. The average Bonchev–Trinajstić information content (AvgIpc) is 2.35. The van der Waals surface area contributed by atoms with Crippen molar-refractivity contribution in [2.45, 2.75) is 28.7 Å². The Balaban J connectivity index is 2.32. The van der Waals surface area contributed by atoms with Crippen molar-refractivity contribution in [3.05, 3.63) is 35.7 Å². The predicted octanol–water partition coefficient (Wildman–Crippen LogP) is 2.23. The van der Waals surface area contributed by atoms with Crippen LogP contribution in [0, 0.1) is 13.8 Å². The number of nitrogens with two attached hydrogens (primary N) is 1. The highest BCUT2D eigenvalue weighted by Crippen LogP contribution is 2.30. The van der Waals surface area contributed by atoms with Gasteiger partial charge in [0.05, 0.1) is 4.90 Å². The van der Waals surface area contributed by atoms with Gasteiger partial charge in [0, 0.05) is 16.7 Å². The number of nitrogen functional groups attached to an aromatic ring is 1. The number of hydrogen-bond donors (Lipinski definition) is 1. The van der Waals surface area contributed by atoms with Crippen LogP contribution in [0.15, 0.2) is 39.1 Å². The van der Waals surface area contributed by atoms with Gasteiger partial charge < -0.3 is 5.73 Å². The Morgan fingerprint density at radius 3 is 2.25 bits per heavy atom. The summed E-state index contributed by atoms with van der Waals surface area (Å²) in [6, 6.07) is 6.69.